The Bertz CT molecular complexity index is 1200. The number of benzene rings is 2. The largest absolute Gasteiger partial charge is 0.340 e. The predicted octanol–water partition coefficient (Wildman–Crippen LogP) is 3.57. The number of hydrogen-bond acceptors (Lipinski definition) is 3. The highest BCUT2D eigenvalue weighted by atomic mass is 19.1. The second-order valence-electron chi connectivity index (χ2n) is 7.30. The standard InChI is InChI=1S/C23H20FN3O3/c1-14-18(12-19-21(28)25(2)23(30)26(3)22(19)29)17-6-4-5-7-20(17)27(14)13-15-8-10-16(24)11-9-15/h4-12H,13H2,1-3H3. The van der Waals surface area contributed by atoms with Gasteiger partial charge < -0.3 is 4.57 Å². The summed E-state index contributed by atoms with van der Waals surface area (Å²) >= 11 is 0. The molecule has 152 valence electrons. The average Bonchev–Trinajstić information content (AvgIpc) is 3.01. The van der Waals surface area contributed by atoms with E-state index in [4.69, 9.17) is 0 Å². The van der Waals surface area contributed by atoms with E-state index in [2.05, 4.69) is 4.57 Å². The molecule has 1 aromatic heterocycles. The third-order valence-electron chi connectivity index (χ3n) is 5.47. The number of urea groups is 1. The van der Waals surface area contributed by atoms with Crippen LogP contribution < -0.4 is 0 Å². The first-order chi connectivity index (χ1) is 14.3. The van der Waals surface area contributed by atoms with E-state index in [1.165, 1.54) is 26.2 Å². The van der Waals surface area contributed by atoms with Crippen LogP contribution in [0.3, 0.4) is 0 Å². The summed E-state index contributed by atoms with van der Waals surface area (Å²) in [6, 6.07) is 13.3. The minimum Gasteiger partial charge on any atom is -0.340 e. The summed E-state index contributed by atoms with van der Waals surface area (Å²) in [6.07, 6.45) is 1.56. The number of aromatic nitrogens is 1. The van der Waals surface area contributed by atoms with Gasteiger partial charge in [-0.25, -0.2) is 9.18 Å². The maximum atomic E-state index is 13.3. The number of barbiturate groups is 1. The molecule has 0 unspecified atom stereocenters. The van der Waals surface area contributed by atoms with Crippen molar-refractivity contribution in [1.29, 1.82) is 0 Å². The molecule has 0 atom stereocenters. The van der Waals surface area contributed by atoms with Gasteiger partial charge in [-0.05, 0) is 36.8 Å². The summed E-state index contributed by atoms with van der Waals surface area (Å²) in [5.74, 6) is -1.55. The van der Waals surface area contributed by atoms with E-state index in [9.17, 15) is 18.8 Å². The summed E-state index contributed by atoms with van der Waals surface area (Å²) in [5, 5.41) is 0.882. The van der Waals surface area contributed by atoms with E-state index in [0.29, 0.717) is 6.54 Å². The molecule has 1 aliphatic rings. The fourth-order valence-corrected chi connectivity index (χ4v) is 3.74. The van der Waals surface area contributed by atoms with Crippen LogP contribution in [0.15, 0.2) is 54.1 Å². The lowest BCUT2D eigenvalue weighted by atomic mass is 10.0. The van der Waals surface area contributed by atoms with Gasteiger partial charge in [-0.1, -0.05) is 30.3 Å². The number of fused-ring (bicyclic) bond motifs is 1. The highest BCUT2D eigenvalue weighted by molar-refractivity contribution is 6.31. The smallest absolute Gasteiger partial charge is 0.333 e. The molecule has 1 fully saturated rings. The number of rotatable bonds is 3. The van der Waals surface area contributed by atoms with Crippen molar-refractivity contribution in [2.75, 3.05) is 14.1 Å². The number of nitrogens with zero attached hydrogens (tertiary/aromatic N) is 3. The number of amides is 4. The Hall–Kier alpha value is -3.74. The van der Waals surface area contributed by atoms with Crippen molar-refractivity contribution in [3.05, 3.63) is 76.7 Å². The number of carbonyl (C=O) groups excluding carboxylic acids is 3. The normalized spacial score (nSPS) is 14.8. The third-order valence-corrected chi connectivity index (χ3v) is 5.47. The zero-order valence-electron chi connectivity index (χ0n) is 16.8. The van der Waals surface area contributed by atoms with Gasteiger partial charge in [0, 0.05) is 42.8 Å². The van der Waals surface area contributed by atoms with Crippen molar-refractivity contribution >= 4 is 34.8 Å². The number of para-hydroxylation sites is 1. The molecule has 0 bridgehead atoms. The van der Waals surface area contributed by atoms with Gasteiger partial charge >= 0.3 is 6.03 Å². The molecule has 4 amide bonds. The highest BCUT2D eigenvalue weighted by Crippen LogP contribution is 2.30. The summed E-state index contributed by atoms with van der Waals surface area (Å²) in [6.45, 7) is 2.42. The third kappa shape index (κ3) is 3.08. The molecule has 4 rings (SSSR count). The molecule has 3 aromatic rings. The zero-order chi connectivity index (χ0) is 21.6. The summed E-state index contributed by atoms with van der Waals surface area (Å²) < 4.78 is 15.3. The van der Waals surface area contributed by atoms with Gasteiger partial charge in [0.25, 0.3) is 11.8 Å². The molecule has 0 aliphatic carbocycles. The number of hydrogen-bond donors (Lipinski definition) is 0. The number of carbonyl (C=O) groups is 3. The van der Waals surface area contributed by atoms with Crippen molar-refractivity contribution in [3.63, 3.8) is 0 Å². The summed E-state index contributed by atoms with van der Waals surface area (Å²) in [7, 11) is 2.71. The maximum Gasteiger partial charge on any atom is 0.333 e. The Balaban J connectivity index is 1.86. The van der Waals surface area contributed by atoms with E-state index >= 15 is 0 Å². The van der Waals surface area contributed by atoms with Crippen molar-refractivity contribution in [3.8, 4) is 0 Å². The predicted molar refractivity (Wildman–Crippen MR) is 111 cm³/mol. The molecule has 0 spiro atoms. The van der Waals surface area contributed by atoms with Crippen LogP contribution in [-0.2, 0) is 16.1 Å². The molecule has 6 nitrogen and oxygen atoms in total. The van der Waals surface area contributed by atoms with Crippen LogP contribution in [0.5, 0.6) is 0 Å². The first kappa shape index (κ1) is 19.6. The molecule has 0 radical (unpaired) electrons. The average molecular weight is 405 g/mol. The molecule has 2 aromatic carbocycles. The number of halogens is 1. The van der Waals surface area contributed by atoms with E-state index in [1.807, 2.05) is 31.2 Å². The second-order valence-corrected chi connectivity index (χ2v) is 7.30. The van der Waals surface area contributed by atoms with Crippen LogP contribution >= 0.6 is 0 Å². The molecule has 7 heteroatoms. The topological polar surface area (TPSA) is 62.6 Å². The molecular weight excluding hydrogens is 385 g/mol. The second kappa shape index (κ2) is 7.26. The van der Waals surface area contributed by atoms with Crippen LogP contribution in [0.1, 0.15) is 16.8 Å². The number of imide groups is 2. The van der Waals surface area contributed by atoms with Crippen LogP contribution in [0.25, 0.3) is 17.0 Å². The highest BCUT2D eigenvalue weighted by Gasteiger charge is 2.38. The van der Waals surface area contributed by atoms with E-state index in [-0.39, 0.29) is 11.4 Å². The monoisotopic (exact) mass is 405 g/mol. The molecular formula is C23H20FN3O3. The SMILES string of the molecule is Cc1c(C=C2C(=O)N(C)C(=O)N(C)C2=O)c2ccccc2n1Cc1ccc(F)cc1. The van der Waals surface area contributed by atoms with Gasteiger partial charge in [0.15, 0.2) is 0 Å². The molecule has 0 saturated carbocycles. The van der Waals surface area contributed by atoms with Crippen LogP contribution in [0.4, 0.5) is 9.18 Å². The van der Waals surface area contributed by atoms with Crippen LogP contribution in [0, 0.1) is 12.7 Å². The lowest BCUT2D eigenvalue weighted by molar-refractivity contribution is -0.134. The fraction of sp³-hybridized carbons (Fsp3) is 0.174. The Labute approximate surface area is 172 Å². The maximum absolute atomic E-state index is 13.3. The van der Waals surface area contributed by atoms with E-state index in [0.717, 1.165) is 37.5 Å². The lowest BCUT2D eigenvalue weighted by Crippen LogP contribution is -2.52. The lowest BCUT2D eigenvalue weighted by Gasteiger charge is -2.28. The Morgan fingerprint density at radius 3 is 2.13 bits per heavy atom. The van der Waals surface area contributed by atoms with Crippen LogP contribution in [-0.4, -0.2) is 46.3 Å². The van der Waals surface area contributed by atoms with Crippen molar-refractivity contribution in [1.82, 2.24) is 14.4 Å². The first-order valence-electron chi connectivity index (χ1n) is 9.43. The zero-order valence-corrected chi connectivity index (χ0v) is 16.8. The Morgan fingerprint density at radius 2 is 1.50 bits per heavy atom. The van der Waals surface area contributed by atoms with E-state index < -0.39 is 17.8 Å². The van der Waals surface area contributed by atoms with Crippen molar-refractivity contribution in [2.24, 2.45) is 0 Å². The van der Waals surface area contributed by atoms with Crippen molar-refractivity contribution < 1.29 is 18.8 Å². The quantitative estimate of drug-likeness (QED) is 0.494. The van der Waals surface area contributed by atoms with Gasteiger partial charge in [0.05, 0.1) is 0 Å². The molecule has 0 N–H and O–H groups in total. The first-order valence-corrected chi connectivity index (χ1v) is 9.43. The Kier molecular flexibility index (Phi) is 4.73. The van der Waals surface area contributed by atoms with Gasteiger partial charge in [-0.2, -0.15) is 0 Å². The minimum atomic E-state index is -0.655. The fourth-order valence-electron chi connectivity index (χ4n) is 3.74. The van der Waals surface area contributed by atoms with Gasteiger partial charge in [-0.3, -0.25) is 19.4 Å². The van der Waals surface area contributed by atoms with Gasteiger partial charge in [-0.15, -0.1) is 0 Å². The minimum absolute atomic E-state index is 0.0626. The van der Waals surface area contributed by atoms with Gasteiger partial charge in [0.1, 0.15) is 11.4 Å². The van der Waals surface area contributed by atoms with E-state index in [1.54, 1.807) is 18.2 Å². The summed E-state index contributed by atoms with van der Waals surface area (Å²) in [5.41, 5.74) is 3.39. The van der Waals surface area contributed by atoms with Crippen LogP contribution in [0.2, 0.25) is 0 Å². The summed E-state index contributed by atoms with van der Waals surface area (Å²) in [4.78, 5) is 39.1. The van der Waals surface area contributed by atoms with Crippen molar-refractivity contribution in [2.45, 2.75) is 13.5 Å². The van der Waals surface area contributed by atoms with Gasteiger partial charge in [0.2, 0.25) is 0 Å². The molecule has 1 saturated heterocycles. The molecule has 30 heavy (non-hydrogen) atoms. The molecule has 2 heterocycles. The molecule has 1 aliphatic heterocycles. The Morgan fingerprint density at radius 1 is 0.900 bits per heavy atom. The number of likely N-dealkylation sites (N-methyl/N-ethyl adjacent to an activating group) is 2.